The molecule has 0 bridgehead atoms. The molecule has 2 heterocycles. The second-order valence-corrected chi connectivity index (χ2v) is 8.22. The second-order valence-electron chi connectivity index (χ2n) is 6.36. The first kappa shape index (κ1) is 20.3. The number of carbonyl (C=O) groups is 1. The summed E-state index contributed by atoms with van der Waals surface area (Å²) >= 11 is 0. The summed E-state index contributed by atoms with van der Waals surface area (Å²) in [5.41, 5.74) is -5.36. The lowest BCUT2D eigenvalue weighted by molar-refractivity contribution is -0.0693. The van der Waals surface area contributed by atoms with Crippen LogP contribution in [-0.4, -0.2) is 48.9 Å². The fourth-order valence-electron chi connectivity index (χ4n) is 3.02. The van der Waals surface area contributed by atoms with E-state index in [1.165, 1.54) is 11.0 Å². The molecular formula is C18H17F3N2O4S. The molecule has 6 nitrogen and oxygen atoms in total. The molecule has 0 saturated carbocycles. The molecular weight excluding hydrogens is 397 g/mol. The van der Waals surface area contributed by atoms with Gasteiger partial charge in [-0.1, -0.05) is 30.3 Å². The summed E-state index contributed by atoms with van der Waals surface area (Å²) in [5.74, 6) is -0.841. The summed E-state index contributed by atoms with van der Waals surface area (Å²) in [7, 11) is -5.76. The molecule has 28 heavy (non-hydrogen) atoms. The number of pyridine rings is 1. The van der Waals surface area contributed by atoms with Crippen molar-refractivity contribution in [2.45, 2.75) is 29.7 Å². The molecule has 2 unspecified atom stereocenters. The molecule has 0 spiro atoms. The Labute approximate surface area is 159 Å². The zero-order chi connectivity index (χ0) is 20.5. The number of benzene rings is 1. The van der Waals surface area contributed by atoms with Gasteiger partial charge in [-0.2, -0.15) is 13.2 Å². The number of halogens is 3. The van der Waals surface area contributed by atoms with Crippen LogP contribution in [0.2, 0.25) is 0 Å². The van der Waals surface area contributed by atoms with Gasteiger partial charge in [0.1, 0.15) is 6.10 Å². The van der Waals surface area contributed by atoms with E-state index in [1.54, 1.807) is 19.1 Å². The lowest BCUT2D eigenvalue weighted by Gasteiger charge is -2.37. The van der Waals surface area contributed by atoms with Crippen LogP contribution < -0.4 is 0 Å². The minimum Gasteiger partial charge on any atom is -0.367 e. The van der Waals surface area contributed by atoms with E-state index in [0.717, 1.165) is 17.8 Å². The molecule has 1 fully saturated rings. The zero-order valence-corrected chi connectivity index (χ0v) is 15.6. The number of nitrogens with zero attached hydrogens (tertiary/aromatic N) is 2. The van der Waals surface area contributed by atoms with E-state index in [9.17, 15) is 26.4 Å². The van der Waals surface area contributed by atoms with Crippen molar-refractivity contribution < 1.29 is 31.1 Å². The standard InChI is InChI=1S/C18H17F3N2O4S/c1-12-10-23(11-15(27-12)13-6-3-2-4-7-13)17(24)14-8-5-9-22-16(14)28(25,26)18(19,20)21/h2-9,12,15H,10-11H2,1H3. The van der Waals surface area contributed by atoms with Gasteiger partial charge in [-0.05, 0) is 24.6 Å². The van der Waals surface area contributed by atoms with Gasteiger partial charge in [-0.15, -0.1) is 0 Å². The summed E-state index contributed by atoms with van der Waals surface area (Å²) in [5, 5.41) is -1.29. The Morgan fingerprint density at radius 3 is 2.46 bits per heavy atom. The number of rotatable bonds is 3. The van der Waals surface area contributed by atoms with E-state index in [-0.39, 0.29) is 19.2 Å². The first-order chi connectivity index (χ1) is 13.1. The summed E-state index contributed by atoms with van der Waals surface area (Å²) in [6.45, 7) is 1.92. The van der Waals surface area contributed by atoms with Gasteiger partial charge in [-0.3, -0.25) is 4.79 Å². The number of morpholine rings is 1. The lowest BCUT2D eigenvalue weighted by atomic mass is 10.1. The van der Waals surface area contributed by atoms with Crippen LogP contribution in [0.4, 0.5) is 13.2 Å². The van der Waals surface area contributed by atoms with Crippen LogP contribution in [0.1, 0.15) is 28.9 Å². The number of amides is 1. The predicted octanol–water partition coefficient (Wildman–Crippen LogP) is 2.98. The van der Waals surface area contributed by atoms with E-state index in [2.05, 4.69) is 4.98 Å². The highest BCUT2D eigenvalue weighted by Crippen LogP contribution is 2.32. The van der Waals surface area contributed by atoms with Crippen molar-refractivity contribution >= 4 is 15.7 Å². The van der Waals surface area contributed by atoms with Gasteiger partial charge in [0.2, 0.25) is 0 Å². The maximum atomic E-state index is 13.0. The highest BCUT2D eigenvalue weighted by Gasteiger charge is 2.50. The molecule has 2 atom stereocenters. The van der Waals surface area contributed by atoms with E-state index < -0.39 is 37.9 Å². The minimum absolute atomic E-state index is 0.0770. The van der Waals surface area contributed by atoms with Crippen molar-refractivity contribution in [3.8, 4) is 0 Å². The van der Waals surface area contributed by atoms with Crippen molar-refractivity contribution in [3.63, 3.8) is 0 Å². The van der Waals surface area contributed by atoms with Crippen LogP contribution in [0.5, 0.6) is 0 Å². The normalized spacial score (nSPS) is 20.8. The van der Waals surface area contributed by atoms with Crippen LogP contribution in [0, 0.1) is 0 Å². The van der Waals surface area contributed by atoms with Gasteiger partial charge >= 0.3 is 5.51 Å². The van der Waals surface area contributed by atoms with Crippen LogP contribution in [0.25, 0.3) is 0 Å². The minimum atomic E-state index is -5.76. The average Bonchev–Trinajstić information content (AvgIpc) is 2.66. The Morgan fingerprint density at radius 2 is 1.82 bits per heavy atom. The number of hydrogen-bond donors (Lipinski definition) is 0. The number of sulfone groups is 1. The largest absolute Gasteiger partial charge is 0.503 e. The summed E-state index contributed by atoms with van der Waals surface area (Å²) in [6, 6.07) is 11.3. The van der Waals surface area contributed by atoms with E-state index in [1.807, 2.05) is 18.2 Å². The smallest absolute Gasteiger partial charge is 0.367 e. The zero-order valence-electron chi connectivity index (χ0n) is 14.8. The quantitative estimate of drug-likeness (QED) is 0.772. The van der Waals surface area contributed by atoms with Gasteiger partial charge in [0, 0.05) is 12.7 Å². The molecule has 1 aromatic heterocycles. The van der Waals surface area contributed by atoms with Gasteiger partial charge in [0.05, 0.1) is 18.2 Å². The van der Waals surface area contributed by atoms with Crippen LogP contribution in [0.3, 0.4) is 0 Å². The number of carbonyl (C=O) groups excluding carboxylic acids is 1. The fraction of sp³-hybridized carbons (Fsp3) is 0.333. The topological polar surface area (TPSA) is 76.6 Å². The fourth-order valence-corrected chi connectivity index (χ4v) is 3.88. The molecule has 0 radical (unpaired) electrons. The Balaban J connectivity index is 1.94. The van der Waals surface area contributed by atoms with Crippen molar-refractivity contribution in [1.82, 2.24) is 9.88 Å². The molecule has 1 saturated heterocycles. The molecule has 3 rings (SSSR count). The summed E-state index contributed by atoms with van der Waals surface area (Å²) in [6.07, 6.45) is 0.0416. The first-order valence-corrected chi connectivity index (χ1v) is 9.85. The lowest BCUT2D eigenvalue weighted by Crippen LogP contribution is -2.46. The average molecular weight is 414 g/mol. The van der Waals surface area contributed by atoms with Crippen LogP contribution >= 0.6 is 0 Å². The van der Waals surface area contributed by atoms with Crippen LogP contribution in [0.15, 0.2) is 53.7 Å². The number of aromatic nitrogens is 1. The third kappa shape index (κ3) is 3.88. The Morgan fingerprint density at radius 1 is 1.14 bits per heavy atom. The maximum absolute atomic E-state index is 13.0. The molecule has 1 amide bonds. The third-order valence-electron chi connectivity index (χ3n) is 4.28. The van der Waals surface area contributed by atoms with E-state index >= 15 is 0 Å². The number of ether oxygens (including phenoxy) is 1. The Bertz CT molecular complexity index is 964. The van der Waals surface area contributed by atoms with Crippen molar-refractivity contribution in [2.24, 2.45) is 0 Å². The maximum Gasteiger partial charge on any atom is 0.503 e. The molecule has 1 aromatic carbocycles. The highest BCUT2D eigenvalue weighted by molar-refractivity contribution is 7.92. The molecule has 2 aromatic rings. The highest BCUT2D eigenvalue weighted by atomic mass is 32.2. The third-order valence-corrected chi connectivity index (χ3v) is 5.72. The van der Waals surface area contributed by atoms with Crippen LogP contribution in [-0.2, 0) is 14.6 Å². The molecule has 0 N–H and O–H groups in total. The molecule has 0 aliphatic carbocycles. The first-order valence-electron chi connectivity index (χ1n) is 8.37. The van der Waals surface area contributed by atoms with Crippen molar-refractivity contribution in [2.75, 3.05) is 13.1 Å². The molecule has 1 aliphatic rings. The van der Waals surface area contributed by atoms with Gasteiger partial charge in [-0.25, -0.2) is 13.4 Å². The SMILES string of the molecule is CC1CN(C(=O)c2cccnc2S(=O)(=O)C(F)(F)F)CC(c2ccccc2)O1. The van der Waals surface area contributed by atoms with Crippen molar-refractivity contribution in [1.29, 1.82) is 0 Å². The van der Waals surface area contributed by atoms with E-state index in [0.29, 0.717) is 0 Å². The number of hydrogen-bond acceptors (Lipinski definition) is 5. The summed E-state index contributed by atoms with van der Waals surface area (Å²) < 4.78 is 68.4. The second kappa shape index (κ2) is 7.51. The van der Waals surface area contributed by atoms with Crippen molar-refractivity contribution in [3.05, 3.63) is 59.8 Å². The number of alkyl halides is 3. The Hall–Kier alpha value is -2.46. The van der Waals surface area contributed by atoms with E-state index in [4.69, 9.17) is 4.74 Å². The monoisotopic (exact) mass is 414 g/mol. The molecule has 150 valence electrons. The molecule has 10 heteroatoms. The van der Waals surface area contributed by atoms with Gasteiger partial charge < -0.3 is 9.64 Å². The van der Waals surface area contributed by atoms with Gasteiger partial charge in [0.25, 0.3) is 15.7 Å². The van der Waals surface area contributed by atoms with Gasteiger partial charge in [0.15, 0.2) is 5.03 Å². The summed E-state index contributed by atoms with van der Waals surface area (Å²) in [4.78, 5) is 17.5. The Kier molecular flexibility index (Phi) is 5.44. The molecule has 1 aliphatic heterocycles. The predicted molar refractivity (Wildman–Crippen MR) is 93.1 cm³/mol.